The molecule has 1 N–H and O–H groups in total. The Morgan fingerprint density at radius 1 is 1.56 bits per heavy atom. The maximum Gasteiger partial charge on any atom is 0.128 e. The summed E-state index contributed by atoms with van der Waals surface area (Å²) in [6.45, 7) is 1.05. The van der Waals surface area contributed by atoms with Crippen molar-refractivity contribution < 1.29 is 4.74 Å². The van der Waals surface area contributed by atoms with E-state index < -0.39 is 0 Å². The molecule has 1 aliphatic heterocycles. The number of rotatable bonds is 3. The Labute approximate surface area is 104 Å². The monoisotopic (exact) mass is 285 g/mol. The van der Waals surface area contributed by atoms with Gasteiger partial charge in [-0.2, -0.15) is 0 Å². The summed E-state index contributed by atoms with van der Waals surface area (Å²) in [4.78, 5) is 6.61. The van der Waals surface area contributed by atoms with Crippen LogP contribution in [-0.2, 0) is 4.74 Å². The van der Waals surface area contributed by atoms with Crippen LogP contribution in [0.2, 0.25) is 0 Å². The Morgan fingerprint density at radius 3 is 3.06 bits per heavy atom. The first-order valence-corrected chi connectivity index (χ1v) is 6.12. The van der Waals surface area contributed by atoms with Crippen molar-refractivity contribution in [2.75, 3.05) is 26.0 Å². The molecular weight excluding hydrogens is 270 g/mol. The summed E-state index contributed by atoms with van der Waals surface area (Å²) < 4.78 is 6.29. The Kier molecular flexibility index (Phi) is 3.78. The van der Waals surface area contributed by atoms with E-state index in [1.807, 2.05) is 18.2 Å². The van der Waals surface area contributed by atoms with E-state index >= 15 is 0 Å². The van der Waals surface area contributed by atoms with Gasteiger partial charge in [0.15, 0.2) is 0 Å². The molecule has 2 rings (SSSR count). The number of likely N-dealkylation sites (tertiary alicyclic amines) is 1. The number of methoxy groups -OCH3 is 1. The summed E-state index contributed by atoms with van der Waals surface area (Å²) in [5.41, 5.74) is 0. The Balaban J connectivity index is 2.08. The molecular formula is C11H16BrN3O. The summed E-state index contributed by atoms with van der Waals surface area (Å²) in [6, 6.07) is 5.84. The van der Waals surface area contributed by atoms with Gasteiger partial charge in [0.1, 0.15) is 16.6 Å². The third-order valence-corrected chi connectivity index (χ3v) is 3.35. The number of pyridine rings is 1. The lowest BCUT2D eigenvalue weighted by Crippen LogP contribution is -2.40. The van der Waals surface area contributed by atoms with Crippen molar-refractivity contribution in [1.82, 2.24) is 9.88 Å². The van der Waals surface area contributed by atoms with Crippen molar-refractivity contribution in [3.05, 3.63) is 22.8 Å². The second kappa shape index (κ2) is 5.12. The first-order chi connectivity index (χ1) is 7.70. The minimum Gasteiger partial charge on any atom is -0.378 e. The fourth-order valence-corrected chi connectivity index (χ4v) is 2.35. The van der Waals surface area contributed by atoms with E-state index in [9.17, 15) is 0 Å². The van der Waals surface area contributed by atoms with Crippen molar-refractivity contribution in [3.63, 3.8) is 0 Å². The van der Waals surface area contributed by atoms with Crippen LogP contribution in [0.3, 0.4) is 0 Å². The van der Waals surface area contributed by atoms with E-state index in [0.717, 1.165) is 23.4 Å². The van der Waals surface area contributed by atoms with Crippen LogP contribution in [-0.4, -0.2) is 42.9 Å². The maximum absolute atomic E-state index is 5.45. The van der Waals surface area contributed by atoms with Crippen LogP contribution in [0.4, 0.5) is 5.82 Å². The standard InChI is InChI=1S/C11H16BrN3O/c1-15-7-6-8(16-2)11(15)14-10-5-3-4-9(12)13-10/h3-5,8,11H,6-7H2,1-2H3,(H,13,14). The van der Waals surface area contributed by atoms with Gasteiger partial charge in [-0.15, -0.1) is 0 Å². The summed E-state index contributed by atoms with van der Waals surface area (Å²) in [7, 11) is 3.85. The Hall–Kier alpha value is -0.650. The second-order valence-electron chi connectivity index (χ2n) is 3.98. The fraction of sp³-hybridized carbons (Fsp3) is 0.545. The van der Waals surface area contributed by atoms with Crippen molar-refractivity contribution in [1.29, 1.82) is 0 Å². The van der Waals surface area contributed by atoms with Crippen LogP contribution in [0.25, 0.3) is 0 Å². The molecule has 0 aliphatic carbocycles. The summed E-state index contributed by atoms with van der Waals surface area (Å²) >= 11 is 3.36. The van der Waals surface area contributed by atoms with E-state index in [1.165, 1.54) is 0 Å². The van der Waals surface area contributed by atoms with Gasteiger partial charge in [-0.3, -0.25) is 4.90 Å². The fourth-order valence-electron chi connectivity index (χ4n) is 2.00. The van der Waals surface area contributed by atoms with Crippen LogP contribution >= 0.6 is 15.9 Å². The first kappa shape index (κ1) is 11.8. The molecule has 88 valence electrons. The van der Waals surface area contributed by atoms with E-state index in [0.29, 0.717) is 0 Å². The molecule has 1 fully saturated rings. The number of halogens is 1. The van der Waals surface area contributed by atoms with E-state index in [-0.39, 0.29) is 12.3 Å². The van der Waals surface area contributed by atoms with Gasteiger partial charge in [0.25, 0.3) is 0 Å². The number of hydrogen-bond donors (Lipinski definition) is 1. The normalized spacial score (nSPS) is 25.9. The van der Waals surface area contributed by atoms with E-state index in [4.69, 9.17) is 4.74 Å². The molecule has 0 saturated carbocycles. The lowest BCUT2D eigenvalue weighted by Gasteiger charge is -2.25. The third kappa shape index (κ3) is 2.53. The van der Waals surface area contributed by atoms with Crippen LogP contribution in [0.5, 0.6) is 0 Å². The topological polar surface area (TPSA) is 37.4 Å². The van der Waals surface area contributed by atoms with Crippen molar-refractivity contribution in [2.24, 2.45) is 0 Å². The lowest BCUT2D eigenvalue weighted by atomic mass is 10.2. The van der Waals surface area contributed by atoms with Crippen LogP contribution < -0.4 is 5.32 Å². The molecule has 2 unspecified atom stereocenters. The highest BCUT2D eigenvalue weighted by Gasteiger charge is 2.31. The number of hydrogen-bond acceptors (Lipinski definition) is 4. The largest absolute Gasteiger partial charge is 0.378 e. The van der Waals surface area contributed by atoms with Gasteiger partial charge in [-0.05, 0) is 41.5 Å². The first-order valence-electron chi connectivity index (χ1n) is 5.33. The lowest BCUT2D eigenvalue weighted by molar-refractivity contribution is 0.0818. The number of anilines is 1. The molecule has 5 heteroatoms. The highest BCUT2D eigenvalue weighted by atomic mass is 79.9. The quantitative estimate of drug-likeness (QED) is 0.862. The molecule has 1 aromatic heterocycles. The molecule has 0 spiro atoms. The third-order valence-electron chi connectivity index (χ3n) is 2.91. The highest BCUT2D eigenvalue weighted by Crippen LogP contribution is 2.20. The SMILES string of the molecule is COC1CCN(C)C1Nc1cccc(Br)n1. The van der Waals surface area contributed by atoms with Crippen LogP contribution in [0, 0.1) is 0 Å². The average Bonchev–Trinajstić information content (AvgIpc) is 2.60. The predicted octanol–water partition coefficient (Wildman–Crippen LogP) is 1.93. The van der Waals surface area contributed by atoms with E-state index in [1.54, 1.807) is 7.11 Å². The zero-order valence-electron chi connectivity index (χ0n) is 9.48. The number of nitrogens with one attached hydrogen (secondary N) is 1. The van der Waals surface area contributed by atoms with Crippen molar-refractivity contribution in [3.8, 4) is 0 Å². The molecule has 2 atom stereocenters. The van der Waals surface area contributed by atoms with Gasteiger partial charge in [0.2, 0.25) is 0 Å². The molecule has 4 nitrogen and oxygen atoms in total. The maximum atomic E-state index is 5.45. The summed E-state index contributed by atoms with van der Waals surface area (Å²) in [5, 5.41) is 3.39. The van der Waals surface area contributed by atoms with Crippen molar-refractivity contribution in [2.45, 2.75) is 18.7 Å². The number of likely N-dealkylation sites (N-methyl/N-ethyl adjacent to an activating group) is 1. The molecule has 1 aliphatic rings. The van der Waals surface area contributed by atoms with Gasteiger partial charge < -0.3 is 10.1 Å². The molecule has 0 bridgehead atoms. The molecule has 0 aromatic carbocycles. The summed E-state index contributed by atoms with van der Waals surface area (Å²) in [6.07, 6.45) is 1.48. The number of aromatic nitrogens is 1. The Morgan fingerprint density at radius 2 is 2.38 bits per heavy atom. The predicted molar refractivity (Wildman–Crippen MR) is 67.4 cm³/mol. The van der Waals surface area contributed by atoms with Crippen LogP contribution in [0.1, 0.15) is 6.42 Å². The van der Waals surface area contributed by atoms with Crippen LogP contribution in [0.15, 0.2) is 22.8 Å². The molecule has 0 amide bonds. The van der Waals surface area contributed by atoms with Gasteiger partial charge in [0.05, 0.1) is 6.10 Å². The molecule has 0 radical (unpaired) electrons. The summed E-state index contributed by atoms with van der Waals surface area (Å²) in [5.74, 6) is 0.871. The zero-order chi connectivity index (χ0) is 11.5. The minimum absolute atomic E-state index is 0.201. The second-order valence-corrected chi connectivity index (χ2v) is 4.79. The molecule has 1 saturated heterocycles. The van der Waals surface area contributed by atoms with E-state index in [2.05, 4.69) is 38.2 Å². The molecule has 1 aromatic rings. The van der Waals surface area contributed by atoms with Gasteiger partial charge >= 0.3 is 0 Å². The van der Waals surface area contributed by atoms with Gasteiger partial charge in [0, 0.05) is 13.7 Å². The average molecular weight is 286 g/mol. The van der Waals surface area contributed by atoms with Crippen molar-refractivity contribution >= 4 is 21.7 Å². The molecule has 16 heavy (non-hydrogen) atoms. The number of ether oxygens (including phenoxy) is 1. The molecule has 2 heterocycles. The van der Waals surface area contributed by atoms with Gasteiger partial charge in [-0.25, -0.2) is 4.98 Å². The zero-order valence-corrected chi connectivity index (χ0v) is 11.1. The minimum atomic E-state index is 0.201. The smallest absolute Gasteiger partial charge is 0.128 e. The number of nitrogens with zero attached hydrogens (tertiary/aromatic N) is 2. The highest BCUT2D eigenvalue weighted by molar-refractivity contribution is 9.10. The van der Waals surface area contributed by atoms with Gasteiger partial charge in [-0.1, -0.05) is 6.07 Å². The Bertz CT molecular complexity index is 361.